The van der Waals surface area contributed by atoms with Gasteiger partial charge in [0.15, 0.2) is 17.4 Å². The van der Waals surface area contributed by atoms with Crippen LogP contribution in [0.5, 0.6) is 11.5 Å². The van der Waals surface area contributed by atoms with Gasteiger partial charge in [-0.15, -0.1) is 11.3 Å². The SMILES string of the molecule is COc1ccc(C=NNc2nc(-c3ccccc3)cs2)cc1COc1c(F)c(F)cc(F)c1F. The molecule has 1 N–H and O–H groups in total. The number of nitrogens with one attached hydrogen (secondary N) is 1. The Bertz CT molecular complexity index is 1300. The van der Waals surface area contributed by atoms with Gasteiger partial charge >= 0.3 is 0 Å². The maximum absolute atomic E-state index is 13.9. The summed E-state index contributed by atoms with van der Waals surface area (Å²) in [6.45, 7) is -0.401. The van der Waals surface area contributed by atoms with Gasteiger partial charge in [-0.1, -0.05) is 30.3 Å². The smallest absolute Gasteiger partial charge is 0.203 e. The third-order valence-corrected chi connectivity index (χ3v) is 5.44. The topological polar surface area (TPSA) is 55.7 Å². The maximum Gasteiger partial charge on any atom is 0.203 e. The Morgan fingerprint density at radius 2 is 1.74 bits per heavy atom. The molecular weight excluding hydrogens is 470 g/mol. The van der Waals surface area contributed by atoms with E-state index in [0.29, 0.717) is 22.0 Å². The van der Waals surface area contributed by atoms with Crippen LogP contribution >= 0.6 is 11.3 Å². The first-order chi connectivity index (χ1) is 16.5. The zero-order chi connectivity index (χ0) is 24.1. The second-order valence-corrected chi connectivity index (χ2v) is 7.79. The van der Waals surface area contributed by atoms with Crippen LogP contribution in [0, 0.1) is 23.3 Å². The lowest BCUT2D eigenvalue weighted by Crippen LogP contribution is -2.05. The molecule has 0 radical (unpaired) electrons. The summed E-state index contributed by atoms with van der Waals surface area (Å²) < 4.78 is 64.9. The molecule has 0 amide bonds. The lowest BCUT2D eigenvalue weighted by Gasteiger charge is -2.12. The summed E-state index contributed by atoms with van der Waals surface area (Å²) in [4.78, 5) is 4.47. The molecule has 0 atom stereocenters. The summed E-state index contributed by atoms with van der Waals surface area (Å²) in [5.74, 6) is -7.11. The number of benzene rings is 3. The first kappa shape index (κ1) is 23.2. The minimum Gasteiger partial charge on any atom is -0.496 e. The standard InChI is InChI=1S/C24H17F4N3O2S/c1-32-20-8-7-14(9-16(20)12-33-23-21(27)17(25)10-18(26)22(23)28)11-29-31-24-30-19(13-34-24)15-5-3-2-4-6-15/h2-11,13H,12H2,1H3,(H,30,31). The van der Waals surface area contributed by atoms with Gasteiger partial charge in [0.2, 0.25) is 16.8 Å². The predicted molar refractivity (Wildman–Crippen MR) is 122 cm³/mol. The van der Waals surface area contributed by atoms with E-state index in [1.807, 2.05) is 35.7 Å². The Balaban J connectivity index is 1.47. The van der Waals surface area contributed by atoms with Crippen molar-refractivity contribution in [3.8, 4) is 22.8 Å². The number of ether oxygens (including phenoxy) is 2. The fraction of sp³-hybridized carbons (Fsp3) is 0.0833. The molecule has 0 aliphatic heterocycles. The first-order valence-corrected chi connectivity index (χ1v) is 10.8. The highest BCUT2D eigenvalue weighted by Crippen LogP contribution is 2.29. The number of methoxy groups -OCH3 is 1. The third kappa shape index (κ3) is 5.18. The van der Waals surface area contributed by atoms with Gasteiger partial charge < -0.3 is 9.47 Å². The van der Waals surface area contributed by atoms with Crippen LogP contribution in [0.15, 0.2) is 65.1 Å². The average Bonchev–Trinajstić information content (AvgIpc) is 3.32. The average molecular weight is 487 g/mol. The number of nitrogens with zero attached hydrogens (tertiary/aromatic N) is 2. The molecule has 0 aliphatic carbocycles. The summed E-state index contributed by atoms with van der Waals surface area (Å²) in [7, 11) is 1.41. The molecule has 0 spiro atoms. The fourth-order valence-corrected chi connectivity index (χ4v) is 3.72. The van der Waals surface area contributed by atoms with E-state index in [-0.39, 0.29) is 6.07 Å². The van der Waals surface area contributed by atoms with E-state index in [1.54, 1.807) is 18.2 Å². The van der Waals surface area contributed by atoms with Gasteiger partial charge in [-0.3, -0.25) is 5.43 Å². The maximum atomic E-state index is 13.9. The van der Waals surface area contributed by atoms with E-state index in [2.05, 4.69) is 15.5 Å². The Morgan fingerprint density at radius 1 is 1.00 bits per heavy atom. The monoisotopic (exact) mass is 487 g/mol. The Labute approximate surface area is 196 Å². The van der Waals surface area contributed by atoms with Gasteiger partial charge in [0.25, 0.3) is 0 Å². The van der Waals surface area contributed by atoms with Crippen LogP contribution in [0.4, 0.5) is 22.7 Å². The molecule has 0 saturated heterocycles. The van der Waals surface area contributed by atoms with Crippen molar-refractivity contribution in [1.29, 1.82) is 0 Å². The van der Waals surface area contributed by atoms with Crippen LogP contribution in [0.25, 0.3) is 11.3 Å². The number of rotatable bonds is 8. The van der Waals surface area contributed by atoms with Crippen LogP contribution in [-0.4, -0.2) is 18.3 Å². The second kappa shape index (κ2) is 10.3. The van der Waals surface area contributed by atoms with E-state index >= 15 is 0 Å². The summed E-state index contributed by atoms with van der Waals surface area (Å²) in [5, 5.41) is 6.65. The molecular formula is C24H17F4N3O2S. The van der Waals surface area contributed by atoms with Gasteiger partial charge in [0.1, 0.15) is 12.4 Å². The summed E-state index contributed by atoms with van der Waals surface area (Å²) in [5.41, 5.74) is 5.65. The Morgan fingerprint density at radius 3 is 2.44 bits per heavy atom. The molecule has 34 heavy (non-hydrogen) atoms. The number of thiazole rings is 1. The van der Waals surface area contributed by atoms with E-state index in [0.717, 1.165) is 11.3 Å². The van der Waals surface area contributed by atoms with E-state index in [4.69, 9.17) is 9.47 Å². The molecule has 1 heterocycles. The van der Waals surface area contributed by atoms with Gasteiger partial charge in [-0.05, 0) is 23.8 Å². The first-order valence-electron chi connectivity index (χ1n) is 9.89. The molecule has 3 aromatic carbocycles. The minimum atomic E-state index is -1.61. The lowest BCUT2D eigenvalue weighted by atomic mass is 10.1. The minimum absolute atomic E-state index is 0.119. The van der Waals surface area contributed by atoms with Crippen molar-refractivity contribution >= 4 is 22.7 Å². The molecule has 0 bridgehead atoms. The van der Waals surface area contributed by atoms with Crippen LogP contribution in [-0.2, 0) is 6.61 Å². The summed E-state index contributed by atoms with van der Waals surface area (Å²) in [6.07, 6.45) is 1.51. The molecule has 0 saturated carbocycles. The van der Waals surface area contributed by atoms with Gasteiger partial charge in [0, 0.05) is 22.6 Å². The van der Waals surface area contributed by atoms with Crippen molar-refractivity contribution in [2.24, 2.45) is 5.10 Å². The number of halogens is 4. The number of aromatic nitrogens is 1. The van der Waals surface area contributed by atoms with Crippen molar-refractivity contribution in [3.63, 3.8) is 0 Å². The molecule has 174 valence electrons. The third-order valence-electron chi connectivity index (χ3n) is 4.70. The number of hydrogen-bond acceptors (Lipinski definition) is 6. The van der Waals surface area contributed by atoms with Gasteiger partial charge in [-0.25, -0.2) is 13.8 Å². The highest BCUT2D eigenvalue weighted by atomic mass is 32.1. The number of anilines is 1. The van der Waals surface area contributed by atoms with Crippen LogP contribution in [0.1, 0.15) is 11.1 Å². The van der Waals surface area contributed by atoms with E-state index in [9.17, 15) is 17.6 Å². The molecule has 0 aliphatic rings. The van der Waals surface area contributed by atoms with Crippen LogP contribution in [0.3, 0.4) is 0 Å². The highest BCUT2D eigenvalue weighted by Gasteiger charge is 2.21. The van der Waals surface area contributed by atoms with Gasteiger partial charge in [0.05, 0.1) is 19.0 Å². The normalized spacial score (nSPS) is 11.1. The molecule has 0 fully saturated rings. The van der Waals surface area contributed by atoms with Crippen LogP contribution < -0.4 is 14.9 Å². The Kier molecular flexibility index (Phi) is 7.07. The largest absolute Gasteiger partial charge is 0.496 e. The van der Waals surface area contributed by atoms with Crippen molar-refractivity contribution < 1.29 is 27.0 Å². The van der Waals surface area contributed by atoms with Crippen molar-refractivity contribution in [2.75, 3.05) is 12.5 Å². The van der Waals surface area contributed by atoms with E-state index < -0.39 is 35.6 Å². The highest BCUT2D eigenvalue weighted by molar-refractivity contribution is 7.14. The van der Waals surface area contributed by atoms with Crippen molar-refractivity contribution in [2.45, 2.75) is 6.61 Å². The molecule has 5 nitrogen and oxygen atoms in total. The summed E-state index contributed by atoms with van der Waals surface area (Å²) in [6, 6.07) is 14.7. The second-order valence-electron chi connectivity index (χ2n) is 6.93. The Hall–Kier alpha value is -3.92. The molecule has 4 rings (SSSR count). The zero-order valence-corrected chi connectivity index (χ0v) is 18.5. The molecule has 10 heteroatoms. The quantitative estimate of drug-likeness (QED) is 0.135. The van der Waals surface area contributed by atoms with Crippen molar-refractivity contribution in [1.82, 2.24) is 4.98 Å². The van der Waals surface area contributed by atoms with Crippen LogP contribution in [0.2, 0.25) is 0 Å². The van der Waals surface area contributed by atoms with E-state index in [1.165, 1.54) is 24.7 Å². The lowest BCUT2D eigenvalue weighted by molar-refractivity contribution is 0.256. The zero-order valence-electron chi connectivity index (χ0n) is 17.7. The fourth-order valence-electron chi connectivity index (χ4n) is 3.05. The predicted octanol–water partition coefficient (Wildman–Crippen LogP) is 6.40. The summed E-state index contributed by atoms with van der Waals surface area (Å²) >= 11 is 1.39. The van der Waals surface area contributed by atoms with Crippen molar-refractivity contribution in [3.05, 3.63) is 94.4 Å². The number of hydrazone groups is 1. The molecule has 1 aromatic heterocycles. The molecule has 4 aromatic rings. The van der Waals surface area contributed by atoms with Gasteiger partial charge in [-0.2, -0.15) is 13.9 Å². The molecule has 0 unspecified atom stereocenters. The number of hydrogen-bond donors (Lipinski definition) is 1.